The van der Waals surface area contributed by atoms with Crippen LogP contribution in [0.5, 0.6) is 17.2 Å². The molecule has 35 heavy (non-hydrogen) atoms. The van der Waals surface area contributed by atoms with E-state index < -0.39 is 23.9 Å². The number of hydrogen-bond acceptors (Lipinski definition) is 9. The van der Waals surface area contributed by atoms with Gasteiger partial charge in [0.15, 0.2) is 0 Å². The van der Waals surface area contributed by atoms with E-state index in [1.54, 1.807) is 36.4 Å². The number of para-hydroxylation sites is 2. The average molecular weight is 477 g/mol. The number of carbonyl (C=O) groups is 4. The average Bonchev–Trinajstić information content (AvgIpc) is 2.82. The van der Waals surface area contributed by atoms with E-state index in [1.807, 2.05) is 0 Å². The van der Waals surface area contributed by atoms with Crippen LogP contribution in [-0.2, 0) is 27.5 Å². The van der Waals surface area contributed by atoms with Gasteiger partial charge in [0, 0.05) is 20.4 Å². The Morgan fingerprint density at radius 2 is 1.23 bits per heavy atom. The topological polar surface area (TPSA) is 131 Å². The molecule has 9 heteroatoms. The first kappa shape index (κ1) is 25.1. The van der Waals surface area contributed by atoms with Crippen LogP contribution in [0.1, 0.15) is 45.7 Å². The Bertz CT molecular complexity index is 1270. The van der Waals surface area contributed by atoms with E-state index in [0.29, 0.717) is 11.1 Å². The molecule has 3 aromatic rings. The number of esters is 4. The minimum absolute atomic E-state index is 0.0847. The van der Waals surface area contributed by atoms with Gasteiger partial charge in [-0.2, -0.15) is 0 Å². The second-order valence-electron chi connectivity index (χ2n) is 7.28. The molecule has 0 spiro atoms. The van der Waals surface area contributed by atoms with E-state index in [9.17, 15) is 19.2 Å². The first-order chi connectivity index (χ1) is 16.8. The minimum Gasteiger partial charge on any atom is -0.457 e. The van der Waals surface area contributed by atoms with Gasteiger partial charge in [-0.25, -0.2) is 9.59 Å². The van der Waals surface area contributed by atoms with Crippen LogP contribution in [0, 0.1) is 0 Å². The summed E-state index contributed by atoms with van der Waals surface area (Å²) in [6, 6.07) is 17.1. The molecular formula is C26H23NO8. The van der Waals surface area contributed by atoms with Gasteiger partial charge < -0.3 is 24.7 Å². The molecule has 0 saturated heterocycles. The fourth-order valence-corrected chi connectivity index (χ4v) is 3.14. The molecule has 2 N–H and O–H groups in total. The zero-order valence-corrected chi connectivity index (χ0v) is 19.1. The lowest BCUT2D eigenvalue weighted by molar-refractivity contribution is -0.132. The predicted octanol–water partition coefficient (Wildman–Crippen LogP) is 3.57. The van der Waals surface area contributed by atoms with Crippen LogP contribution in [0.15, 0.2) is 66.7 Å². The number of benzene rings is 3. The molecule has 0 aromatic heterocycles. The van der Waals surface area contributed by atoms with E-state index in [-0.39, 0.29) is 41.5 Å². The van der Waals surface area contributed by atoms with Gasteiger partial charge >= 0.3 is 23.9 Å². The summed E-state index contributed by atoms with van der Waals surface area (Å²) in [7, 11) is 0. The van der Waals surface area contributed by atoms with Crippen LogP contribution >= 0.6 is 0 Å². The highest BCUT2D eigenvalue weighted by atomic mass is 16.6. The van der Waals surface area contributed by atoms with Crippen molar-refractivity contribution in [3.8, 4) is 17.2 Å². The summed E-state index contributed by atoms with van der Waals surface area (Å²) in [5.74, 6) is -2.12. The van der Waals surface area contributed by atoms with Crippen LogP contribution < -0.4 is 19.9 Å². The number of carbonyl (C=O) groups excluding carboxylic acids is 4. The third-order valence-electron chi connectivity index (χ3n) is 4.69. The van der Waals surface area contributed by atoms with Crippen LogP contribution in [-0.4, -0.2) is 23.9 Å². The molecule has 0 atom stereocenters. The SMILES string of the molecule is CC(=O)Oc1ccccc1C(=O)OCc1ccc(OC(=O)c2ccccc2OC(C)=O)cc1CN. The van der Waals surface area contributed by atoms with Crippen LogP contribution in [0.2, 0.25) is 0 Å². The standard InChI is InChI=1S/C26H23NO8/c1-16(28)33-23-9-5-3-7-21(23)25(30)32-15-18-11-12-20(13-19(18)14-27)35-26(31)22-8-4-6-10-24(22)34-17(2)29/h3-13H,14-15,27H2,1-2H3. The molecule has 0 heterocycles. The maximum atomic E-state index is 12.6. The molecule has 0 aliphatic heterocycles. The van der Waals surface area contributed by atoms with Crippen molar-refractivity contribution >= 4 is 23.9 Å². The van der Waals surface area contributed by atoms with Gasteiger partial charge in [-0.3, -0.25) is 9.59 Å². The van der Waals surface area contributed by atoms with Gasteiger partial charge in [-0.05, 0) is 47.5 Å². The summed E-state index contributed by atoms with van der Waals surface area (Å²) in [4.78, 5) is 47.7. The Labute approximate surface area is 201 Å². The smallest absolute Gasteiger partial charge is 0.347 e. The van der Waals surface area contributed by atoms with Crippen molar-refractivity contribution in [3.63, 3.8) is 0 Å². The molecule has 0 saturated carbocycles. The highest BCUT2D eigenvalue weighted by Crippen LogP contribution is 2.24. The van der Waals surface area contributed by atoms with Gasteiger partial charge in [0.05, 0.1) is 0 Å². The normalized spacial score (nSPS) is 10.3. The second kappa shape index (κ2) is 11.6. The van der Waals surface area contributed by atoms with Gasteiger partial charge in [-0.1, -0.05) is 30.3 Å². The second-order valence-corrected chi connectivity index (χ2v) is 7.28. The Kier molecular flexibility index (Phi) is 8.31. The number of nitrogens with two attached hydrogens (primary N) is 1. The Morgan fingerprint density at radius 3 is 1.77 bits per heavy atom. The van der Waals surface area contributed by atoms with E-state index in [1.165, 1.54) is 44.2 Å². The molecule has 0 amide bonds. The molecule has 0 fully saturated rings. The summed E-state index contributed by atoms with van der Waals surface area (Å²) in [6.45, 7) is 2.45. The lowest BCUT2D eigenvalue weighted by Gasteiger charge is -2.13. The lowest BCUT2D eigenvalue weighted by atomic mass is 10.1. The van der Waals surface area contributed by atoms with Crippen molar-refractivity contribution in [3.05, 3.63) is 89.0 Å². The minimum atomic E-state index is -0.717. The molecule has 180 valence electrons. The van der Waals surface area contributed by atoms with Crippen molar-refractivity contribution in [2.75, 3.05) is 0 Å². The van der Waals surface area contributed by atoms with Crippen molar-refractivity contribution in [2.24, 2.45) is 5.73 Å². The summed E-state index contributed by atoms with van der Waals surface area (Å²) in [5.41, 5.74) is 7.22. The Balaban J connectivity index is 1.72. The highest BCUT2D eigenvalue weighted by molar-refractivity contribution is 5.95. The van der Waals surface area contributed by atoms with Gasteiger partial charge in [0.1, 0.15) is 35.0 Å². The third kappa shape index (κ3) is 6.75. The van der Waals surface area contributed by atoms with Gasteiger partial charge in [0.25, 0.3) is 0 Å². The number of ether oxygens (including phenoxy) is 4. The van der Waals surface area contributed by atoms with Crippen molar-refractivity contribution in [2.45, 2.75) is 27.0 Å². The largest absolute Gasteiger partial charge is 0.457 e. The van der Waals surface area contributed by atoms with Gasteiger partial charge in [-0.15, -0.1) is 0 Å². The first-order valence-corrected chi connectivity index (χ1v) is 10.5. The zero-order chi connectivity index (χ0) is 25.4. The molecule has 0 bridgehead atoms. The zero-order valence-electron chi connectivity index (χ0n) is 19.1. The van der Waals surface area contributed by atoms with E-state index in [4.69, 9.17) is 24.7 Å². The fraction of sp³-hybridized carbons (Fsp3) is 0.154. The molecule has 3 rings (SSSR count). The Hall–Kier alpha value is -4.50. The monoisotopic (exact) mass is 477 g/mol. The highest BCUT2D eigenvalue weighted by Gasteiger charge is 2.18. The first-order valence-electron chi connectivity index (χ1n) is 10.5. The summed E-state index contributed by atoms with van der Waals surface area (Å²) < 4.78 is 20.9. The summed E-state index contributed by atoms with van der Waals surface area (Å²) in [6.07, 6.45) is 0. The molecule has 0 aliphatic carbocycles. The Morgan fingerprint density at radius 1 is 0.686 bits per heavy atom. The predicted molar refractivity (Wildman–Crippen MR) is 124 cm³/mol. The van der Waals surface area contributed by atoms with Crippen molar-refractivity contribution in [1.82, 2.24) is 0 Å². The number of rotatable bonds is 8. The summed E-state index contributed by atoms with van der Waals surface area (Å²) in [5, 5.41) is 0. The lowest BCUT2D eigenvalue weighted by Crippen LogP contribution is -2.13. The maximum absolute atomic E-state index is 12.6. The van der Waals surface area contributed by atoms with Crippen molar-refractivity contribution in [1.29, 1.82) is 0 Å². The maximum Gasteiger partial charge on any atom is 0.347 e. The van der Waals surface area contributed by atoms with Crippen LogP contribution in [0.3, 0.4) is 0 Å². The quantitative estimate of drug-likeness (QED) is 0.382. The van der Waals surface area contributed by atoms with E-state index in [2.05, 4.69) is 0 Å². The van der Waals surface area contributed by atoms with E-state index >= 15 is 0 Å². The van der Waals surface area contributed by atoms with Crippen LogP contribution in [0.4, 0.5) is 0 Å². The third-order valence-corrected chi connectivity index (χ3v) is 4.69. The molecule has 0 radical (unpaired) electrons. The number of hydrogen-bond donors (Lipinski definition) is 1. The van der Waals surface area contributed by atoms with Gasteiger partial charge in [0.2, 0.25) is 0 Å². The molecular weight excluding hydrogens is 454 g/mol. The summed E-state index contributed by atoms with van der Waals surface area (Å²) >= 11 is 0. The molecule has 3 aromatic carbocycles. The van der Waals surface area contributed by atoms with E-state index in [0.717, 1.165) is 0 Å². The van der Waals surface area contributed by atoms with Crippen LogP contribution in [0.25, 0.3) is 0 Å². The molecule has 0 unspecified atom stereocenters. The molecule has 9 nitrogen and oxygen atoms in total. The molecule has 0 aliphatic rings. The fourth-order valence-electron chi connectivity index (χ4n) is 3.14. The van der Waals surface area contributed by atoms with Crippen molar-refractivity contribution < 1.29 is 38.1 Å².